The van der Waals surface area contributed by atoms with Crippen molar-refractivity contribution in [1.29, 1.82) is 0 Å². The van der Waals surface area contributed by atoms with Crippen molar-refractivity contribution in [1.82, 2.24) is 4.90 Å². The molecule has 2 atom stereocenters. The first kappa shape index (κ1) is 12.1. The third-order valence-electron chi connectivity index (χ3n) is 4.37. The van der Waals surface area contributed by atoms with Crippen LogP contribution >= 0.6 is 0 Å². The molecule has 1 fully saturated rings. The first-order chi connectivity index (χ1) is 8.74. The lowest BCUT2D eigenvalue weighted by Gasteiger charge is -2.40. The predicted octanol–water partition coefficient (Wildman–Crippen LogP) is 2.49. The molecule has 1 saturated carbocycles. The van der Waals surface area contributed by atoms with Crippen molar-refractivity contribution in [3.05, 3.63) is 35.1 Å². The van der Waals surface area contributed by atoms with Gasteiger partial charge in [-0.1, -0.05) is 18.9 Å². The fourth-order valence-electron chi connectivity index (χ4n) is 3.35. The van der Waals surface area contributed by atoms with Crippen molar-refractivity contribution >= 4 is 0 Å². The lowest BCUT2D eigenvalue weighted by atomic mass is 9.89. The van der Waals surface area contributed by atoms with Gasteiger partial charge in [0.1, 0.15) is 5.82 Å². The Balaban J connectivity index is 1.77. The van der Waals surface area contributed by atoms with Gasteiger partial charge in [-0.2, -0.15) is 0 Å². The number of halogens is 1. The predicted molar refractivity (Wildman–Crippen MR) is 68.8 cm³/mol. The molecule has 3 heteroatoms. The van der Waals surface area contributed by atoms with Crippen LogP contribution in [0.4, 0.5) is 4.39 Å². The Bertz CT molecular complexity index is 435. The van der Waals surface area contributed by atoms with Gasteiger partial charge >= 0.3 is 0 Å². The van der Waals surface area contributed by atoms with Gasteiger partial charge in [0.2, 0.25) is 0 Å². The zero-order valence-corrected chi connectivity index (χ0v) is 10.6. The molecule has 1 aliphatic carbocycles. The zero-order valence-electron chi connectivity index (χ0n) is 10.6. The van der Waals surface area contributed by atoms with Gasteiger partial charge in [-0.3, -0.25) is 4.90 Å². The van der Waals surface area contributed by atoms with E-state index in [0.717, 1.165) is 44.3 Å². The van der Waals surface area contributed by atoms with E-state index in [1.807, 2.05) is 6.07 Å². The minimum atomic E-state index is -0.200. The molecule has 2 unspecified atom stereocenters. The standard InChI is InChI=1S/C15H20FNO/c16-13-6-5-11-7-8-17(10-12(11)9-13)14-3-1-2-4-15(14)18/h5-6,9,14-15,18H,1-4,7-8,10H2. The highest BCUT2D eigenvalue weighted by molar-refractivity contribution is 5.30. The van der Waals surface area contributed by atoms with Gasteiger partial charge in [0.25, 0.3) is 0 Å². The lowest BCUT2D eigenvalue weighted by Crippen LogP contribution is -2.47. The summed E-state index contributed by atoms with van der Waals surface area (Å²) < 4.78 is 13.3. The second-order valence-corrected chi connectivity index (χ2v) is 5.55. The SMILES string of the molecule is OC1CCCCC1N1CCc2ccc(F)cc2C1. The highest BCUT2D eigenvalue weighted by atomic mass is 19.1. The van der Waals surface area contributed by atoms with Gasteiger partial charge in [0.15, 0.2) is 0 Å². The minimum absolute atomic E-state index is 0.153. The maximum Gasteiger partial charge on any atom is 0.123 e. The largest absolute Gasteiger partial charge is 0.391 e. The van der Waals surface area contributed by atoms with E-state index in [1.165, 1.54) is 12.0 Å². The Kier molecular flexibility index (Phi) is 3.35. The van der Waals surface area contributed by atoms with Gasteiger partial charge in [-0.15, -0.1) is 0 Å². The Labute approximate surface area is 107 Å². The van der Waals surface area contributed by atoms with Crippen LogP contribution in [0.3, 0.4) is 0 Å². The van der Waals surface area contributed by atoms with Gasteiger partial charge < -0.3 is 5.11 Å². The van der Waals surface area contributed by atoms with Crippen molar-refractivity contribution in [2.24, 2.45) is 0 Å². The minimum Gasteiger partial charge on any atom is -0.391 e. The first-order valence-corrected chi connectivity index (χ1v) is 6.93. The second kappa shape index (κ2) is 4.98. The number of aliphatic hydroxyl groups excluding tert-OH is 1. The summed E-state index contributed by atoms with van der Waals surface area (Å²) in [5, 5.41) is 10.1. The van der Waals surface area contributed by atoms with Gasteiger partial charge in [0, 0.05) is 19.1 Å². The van der Waals surface area contributed by atoms with E-state index in [2.05, 4.69) is 4.90 Å². The van der Waals surface area contributed by atoms with Crippen LogP contribution in [0, 0.1) is 5.82 Å². The highest BCUT2D eigenvalue weighted by Gasteiger charge is 2.30. The zero-order chi connectivity index (χ0) is 12.5. The summed E-state index contributed by atoms with van der Waals surface area (Å²) in [6, 6.07) is 5.37. The van der Waals surface area contributed by atoms with Crippen molar-refractivity contribution < 1.29 is 9.50 Å². The average Bonchev–Trinajstić information content (AvgIpc) is 2.38. The monoisotopic (exact) mass is 249 g/mol. The number of hydrogen-bond donors (Lipinski definition) is 1. The summed E-state index contributed by atoms with van der Waals surface area (Å²) >= 11 is 0. The van der Waals surface area contributed by atoms with Crippen LogP contribution in [0.15, 0.2) is 18.2 Å². The quantitative estimate of drug-likeness (QED) is 0.826. The maximum absolute atomic E-state index is 13.3. The van der Waals surface area contributed by atoms with E-state index in [4.69, 9.17) is 0 Å². The van der Waals surface area contributed by atoms with Gasteiger partial charge in [-0.25, -0.2) is 4.39 Å². The van der Waals surface area contributed by atoms with Crippen LogP contribution in [-0.4, -0.2) is 28.7 Å². The van der Waals surface area contributed by atoms with Crippen LogP contribution in [0.25, 0.3) is 0 Å². The molecule has 2 aliphatic rings. The van der Waals surface area contributed by atoms with Crippen LogP contribution in [0.1, 0.15) is 36.8 Å². The summed E-state index contributed by atoms with van der Waals surface area (Å²) in [5.41, 5.74) is 2.36. The molecule has 0 spiro atoms. The molecule has 0 radical (unpaired) electrons. The number of rotatable bonds is 1. The van der Waals surface area contributed by atoms with Crippen LogP contribution in [0.5, 0.6) is 0 Å². The molecule has 0 amide bonds. The fourth-order valence-corrected chi connectivity index (χ4v) is 3.35. The van der Waals surface area contributed by atoms with Crippen molar-refractivity contribution in [3.8, 4) is 0 Å². The average molecular weight is 249 g/mol. The number of aliphatic hydroxyl groups is 1. The van der Waals surface area contributed by atoms with Gasteiger partial charge in [0.05, 0.1) is 6.10 Å². The normalized spacial score (nSPS) is 29.0. The van der Waals surface area contributed by atoms with Gasteiger partial charge in [-0.05, 0) is 42.5 Å². The first-order valence-electron chi connectivity index (χ1n) is 6.93. The Hall–Kier alpha value is -0.930. The van der Waals surface area contributed by atoms with Crippen molar-refractivity contribution in [2.45, 2.75) is 50.8 Å². The smallest absolute Gasteiger partial charge is 0.123 e. The molecule has 0 aromatic heterocycles. The molecule has 18 heavy (non-hydrogen) atoms. The number of hydrogen-bond acceptors (Lipinski definition) is 2. The molecule has 1 N–H and O–H groups in total. The third kappa shape index (κ3) is 2.29. The van der Waals surface area contributed by atoms with Crippen LogP contribution in [-0.2, 0) is 13.0 Å². The van der Waals surface area contributed by atoms with Crippen LogP contribution < -0.4 is 0 Å². The molecule has 1 aromatic rings. The van der Waals surface area contributed by atoms with E-state index < -0.39 is 0 Å². The Morgan fingerprint density at radius 2 is 2.00 bits per heavy atom. The molecule has 1 aromatic carbocycles. The second-order valence-electron chi connectivity index (χ2n) is 5.55. The molecule has 0 saturated heterocycles. The van der Waals surface area contributed by atoms with E-state index in [1.54, 1.807) is 12.1 Å². The molecule has 98 valence electrons. The summed E-state index contributed by atoms with van der Waals surface area (Å²) in [7, 11) is 0. The number of fused-ring (bicyclic) bond motifs is 1. The third-order valence-corrected chi connectivity index (χ3v) is 4.37. The molecule has 1 aliphatic heterocycles. The highest BCUT2D eigenvalue weighted by Crippen LogP contribution is 2.28. The summed E-state index contributed by atoms with van der Waals surface area (Å²) in [4.78, 5) is 2.34. The summed E-state index contributed by atoms with van der Waals surface area (Å²) in [5.74, 6) is -0.153. The van der Waals surface area contributed by atoms with E-state index in [9.17, 15) is 9.50 Å². The topological polar surface area (TPSA) is 23.5 Å². The summed E-state index contributed by atoms with van der Waals surface area (Å²) in [6.45, 7) is 1.77. The lowest BCUT2D eigenvalue weighted by molar-refractivity contribution is 0.0131. The number of nitrogens with zero attached hydrogens (tertiary/aromatic N) is 1. The molecular weight excluding hydrogens is 229 g/mol. The molecular formula is C15H20FNO. The van der Waals surface area contributed by atoms with E-state index in [0.29, 0.717) is 0 Å². The fraction of sp³-hybridized carbons (Fsp3) is 0.600. The van der Waals surface area contributed by atoms with Crippen molar-refractivity contribution in [2.75, 3.05) is 6.54 Å². The Morgan fingerprint density at radius 3 is 2.83 bits per heavy atom. The Morgan fingerprint density at radius 1 is 1.17 bits per heavy atom. The summed E-state index contributed by atoms with van der Waals surface area (Å²) in [6.07, 6.45) is 5.10. The van der Waals surface area contributed by atoms with Crippen molar-refractivity contribution in [3.63, 3.8) is 0 Å². The molecule has 3 rings (SSSR count). The maximum atomic E-state index is 13.3. The molecule has 0 bridgehead atoms. The molecule has 2 nitrogen and oxygen atoms in total. The van der Waals surface area contributed by atoms with Crippen LogP contribution in [0.2, 0.25) is 0 Å². The van der Waals surface area contributed by atoms with E-state index >= 15 is 0 Å². The number of benzene rings is 1. The van der Waals surface area contributed by atoms with E-state index in [-0.39, 0.29) is 18.0 Å². The molecule has 1 heterocycles.